The van der Waals surface area contributed by atoms with Gasteiger partial charge in [-0.3, -0.25) is 4.79 Å². The summed E-state index contributed by atoms with van der Waals surface area (Å²) in [6.45, 7) is 5.24. The second kappa shape index (κ2) is 6.28. The van der Waals surface area contributed by atoms with Crippen LogP contribution in [-0.2, 0) is 0 Å². The van der Waals surface area contributed by atoms with Gasteiger partial charge >= 0.3 is 0 Å². The van der Waals surface area contributed by atoms with Crippen molar-refractivity contribution in [2.45, 2.75) is 20.3 Å². The molecule has 1 unspecified atom stereocenters. The number of carbonyl (C=O) groups excluding carboxylic acids is 1. The summed E-state index contributed by atoms with van der Waals surface area (Å²) in [7, 11) is 3.46. The van der Waals surface area contributed by atoms with E-state index in [9.17, 15) is 4.79 Å². The Morgan fingerprint density at radius 1 is 1.44 bits per heavy atom. The molecule has 0 bridgehead atoms. The van der Waals surface area contributed by atoms with Gasteiger partial charge in [-0.1, -0.05) is 20.3 Å². The van der Waals surface area contributed by atoms with E-state index in [-0.39, 0.29) is 5.91 Å². The van der Waals surface area contributed by atoms with E-state index < -0.39 is 0 Å². The Balaban J connectivity index is 2.77. The van der Waals surface area contributed by atoms with E-state index in [1.807, 2.05) is 6.07 Å². The molecule has 1 rings (SSSR count). The molecule has 0 spiro atoms. The van der Waals surface area contributed by atoms with Crippen molar-refractivity contribution in [3.05, 3.63) is 23.8 Å². The van der Waals surface area contributed by atoms with Crippen LogP contribution in [-0.4, -0.2) is 31.4 Å². The number of nitrogens with two attached hydrogens (primary N) is 1. The second-order valence-corrected chi connectivity index (χ2v) is 4.90. The first-order chi connectivity index (χ1) is 8.45. The molecule has 18 heavy (non-hydrogen) atoms. The summed E-state index contributed by atoms with van der Waals surface area (Å²) in [6, 6.07) is 5.40. The summed E-state index contributed by atoms with van der Waals surface area (Å²) >= 11 is 0. The molecule has 0 fully saturated rings. The maximum absolute atomic E-state index is 11.8. The number of benzene rings is 1. The Bertz CT molecular complexity index is 416. The summed E-state index contributed by atoms with van der Waals surface area (Å²) in [5.41, 5.74) is 8.08. The number of nitrogens with one attached hydrogen (secondary N) is 1. The number of nitrogens with zero attached hydrogens (tertiary/aromatic N) is 1. The van der Waals surface area contributed by atoms with Crippen LogP contribution in [0.2, 0.25) is 0 Å². The second-order valence-electron chi connectivity index (χ2n) is 4.90. The maximum atomic E-state index is 11.8. The molecule has 0 heterocycles. The number of anilines is 2. The molecule has 0 radical (unpaired) electrons. The third-order valence-corrected chi connectivity index (χ3v) is 3.04. The summed E-state index contributed by atoms with van der Waals surface area (Å²) in [6.07, 6.45) is 1.13. The molecule has 0 saturated heterocycles. The highest BCUT2D eigenvalue weighted by atomic mass is 16.2. The fourth-order valence-electron chi connectivity index (χ4n) is 1.54. The van der Waals surface area contributed by atoms with Gasteiger partial charge in [-0.25, -0.2) is 0 Å². The highest BCUT2D eigenvalue weighted by molar-refractivity contribution is 5.95. The van der Waals surface area contributed by atoms with Gasteiger partial charge in [0.2, 0.25) is 0 Å². The predicted octanol–water partition coefficient (Wildman–Crippen LogP) is 2.43. The van der Waals surface area contributed by atoms with Crippen molar-refractivity contribution in [1.29, 1.82) is 0 Å². The van der Waals surface area contributed by atoms with Crippen molar-refractivity contribution in [3.63, 3.8) is 0 Å². The van der Waals surface area contributed by atoms with Crippen molar-refractivity contribution in [2.24, 2.45) is 5.92 Å². The molecule has 1 atom stereocenters. The van der Waals surface area contributed by atoms with E-state index >= 15 is 0 Å². The SMILES string of the molecule is CCC(C)CNc1ccc(C(=O)N(C)C)cc1N. The minimum absolute atomic E-state index is 0.0322. The van der Waals surface area contributed by atoms with E-state index in [0.717, 1.165) is 18.7 Å². The molecule has 0 aliphatic rings. The molecular formula is C14H23N3O. The number of hydrogen-bond acceptors (Lipinski definition) is 3. The van der Waals surface area contributed by atoms with Crippen LogP contribution < -0.4 is 11.1 Å². The minimum Gasteiger partial charge on any atom is -0.397 e. The molecule has 0 aliphatic carbocycles. The largest absolute Gasteiger partial charge is 0.397 e. The molecule has 4 heteroatoms. The van der Waals surface area contributed by atoms with E-state index in [2.05, 4.69) is 19.2 Å². The highest BCUT2D eigenvalue weighted by Gasteiger charge is 2.10. The summed E-state index contributed by atoms with van der Waals surface area (Å²) < 4.78 is 0. The molecular weight excluding hydrogens is 226 g/mol. The number of carbonyl (C=O) groups is 1. The van der Waals surface area contributed by atoms with Crippen molar-refractivity contribution in [1.82, 2.24) is 4.90 Å². The number of nitrogen functional groups attached to an aromatic ring is 1. The molecule has 4 nitrogen and oxygen atoms in total. The lowest BCUT2D eigenvalue weighted by atomic mass is 10.1. The van der Waals surface area contributed by atoms with Gasteiger partial charge in [0, 0.05) is 26.2 Å². The van der Waals surface area contributed by atoms with Gasteiger partial charge in [0.1, 0.15) is 0 Å². The smallest absolute Gasteiger partial charge is 0.253 e. The van der Waals surface area contributed by atoms with Crippen molar-refractivity contribution >= 4 is 17.3 Å². The molecule has 1 amide bonds. The normalized spacial score (nSPS) is 12.0. The van der Waals surface area contributed by atoms with Gasteiger partial charge in [-0.15, -0.1) is 0 Å². The zero-order valence-corrected chi connectivity index (χ0v) is 11.7. The first-order valence-electron chi connectivity index (χ1n) is 6.30. The van der Waals surface area contributed by atoms with Gasteiger partial charge in [0.25, 0.3) is 5.91 Å². The molecule has 1 aromatic rings. The minimum atomic E-state index is -0.0322. The topological polar surface area (TPSA) is 58.4 Å². The van der Waals surface area contributed by atoms with Crippen LogP contribution in [0.1, 0.15) is 30.6 Å². The lowest BCUT2D eigenvalue weighted by Gasteiger charge is -2.15. The van der Waals surface area contributed by atoms with Gasteiger partial charge in [0.15, 0.2) is 0 Å². The Labute approximate surface area is 109 Å². The number of amides is 1. The van der Waals surface area contributed by atoms with Crippen molar-refractivity contribution < 1.29 is 4.79 Å². The standard InChI is InChI=1S/C14H23N3O/c1-5-10(2)9-16-13-7-6-11(8-12(13)15)14(18)17(3)4/h6-8,10,16H,5,9,15H2,1-4H3. The average molecular weight is 249 g/mol. The summed E-state index contributed by atoms with van der Waals surface area (Å²) in [4.78, 5) is 13.3. The fourth-order valence-corrected chi connectivity index (χ4v) is 1.54. The highest BCUT2D eigenvalue weighted by Crippen LogP contribution is 2.21. The van der Waals surface area contributed by atoms with E-state index in [0.29, 0.717) is 17.2 Å². The van der Waals surface area contributed by atoms with E-state index in [1.54, 1.807) is 31.1 Å². The van der Waals surface area contributed by atoms with Crippen LogP contribution in [0.4, 0.5) is 11.4 Å². The molecule has 0 saturated carbocycles. The van der Waals surface area contributed by atoms with Gasteiger partial charge < -0.3 is 16.0 Å². The fraction of sp³-hybridized carbons (Fsp3) is 0.500. The lowest BCUT2D eigenvalue weighted by molar-refractivity contribution is 0.0827. The first-order valence-corrected chi connectivity index (χ1v) is 6.30. The average Bonchev–Trinajstić information content (AvgIpc) is 2.35. The Kier molecular flexibility index (Phi) is 5.01. The zero-order chi connectivity index (χ0) is 13.7. The first kappa shape index (κ1) is 14.4. The number of hydrogen-bond donors (Lipinski definition) is 2. The van der Waals surface area contributed by atoms with Crippen molar-refractivity contribution in [3.8, 4) is 0 Å². The quantitative estimate of drug-likeness (QED) is 0.788. The van der Waals surface area contributed by atoms with Crippen LogP contribution in [0.5, 0.6) is 0 Å². The Morgan fingerprint density at radius 3 is 2.61 bits per heavy atom. The molecule has 0 aliphatic heterocycles. The third kappa shape index (κ3) is 3.65. The summed E-state index contributed by atoms with van der Waals surface area (Å²) in [5.74, 6) is 0.572. The van der Waals surface area contributed by atoms with Gasteiger partial charge in [0.05, 0.1) is 11.4 Å². The van der Waals surface area contributed by atoms with E-state index in [1.165, 1.54) is 0 Å². The van der Waals surface area contributed by atoms with Gasteiger partial charge in [-0.2, -0.15) is 0 Å². The molecule has 100 valence electrons. The van der Waals surface area contributed by atoms with Crippen LogP contribution in [0.25, 0.3) is 0 Å². The molecule has 3 N–H and O–H groups in total. The lowest BCUT2D eigenvalue weighted by Crippen LogP contribution is -2.22. The van der Waals surface area contributed by atoms with Crippen LogP contribution >= 0.6 is 0 Å². The van der Waals surface area contributed by atoms with Crippen LogP contribution in [0.3, 0.4) is 0 Å². The van der Waals surface area contributed by atoms with Gasteiger partial charge in [-0.05, 0) is 24.1 Å². The zero-order valence-electron chi connectivity index (χ0n) is 11.7. The Hall–Kier alpha value is -1.71. The van der Waals surface area contributed by atoms with Crippen LogP contribution in [0.15, 0.2) is 18.2 Å². The summed E-state index contributed by atoms with van der Waals surface area (Å²) in [5, 5.41) is 3.31. The van der Waals surface area contributed by atoms with Crippen LogP contribution in [0, 0.1) is 5.92 Å². The Morgan fingerprint density at radius 2 is 2.11 bits per heavy atom. The molecule has 0 aromatic heterocycles. The predicted molar refractivity (Wildman–Crippen MR) is 76.8 cm³/mol. The maximum Gasteiger partial charge on any atom is 0.253 e. The third-order valence-electron chi connectivity index (χ3n) is 3.04. The number of rotatable bonds is 5. The van der Waals surface area contributed by atoms with Crippen molar-refractivity contribution in [2.75, 3.05) is 31.7 Å². The monoisotopic (exact) mass is 249 g/mol. The molecule has 1 aromatic carbocycles. The van der Waals surface area contributed by atoms with E-state index in [4.69, 9.17) is 5.73 Å².